The maximum atomic E-state index is 12.0. The molecule has 0 aliphatic heterocycles. The molecule has 0 saturated heterocycles. The van der Waals surface area contributed by atoms with Gasteiger partial charge in [0.1, 0.15) is 5.75 Å². The topological polar surface area (TPSA) is 56.1 Å². The van der Waals surface area contributed by atoms with E-state index in [-0.39, 0.29) is 5.91 Å². The van der Waals surface area contributed by atoms with Gasteiger partial charge in [-0.25, -0.2) is 0 Å². The summed E-state index contributed by atoms with van der Waals surface area (Å²) < 4.78 is 7.96. The number of carbonyl (C=O) groups excluding carboxylic acids is 1. The molecule has 1 heterocycles. The average Bonchev–Trinajstić information content (AvgIpc) is 2.72. The predicted molar refractivity (Wildman–Crippen MR) is 85.6 cm³/mol. The Morgan fingerprint density at radius 1 is 1.43 bits per heavy atom. The molecule has 0 saturated carbocycles. The second-order valence-corrected chi connectivity index (χ2v) is 5.53. The van der Waals surface area contributed by atoms with E-state index in [2.05, 4.69) is 26.3 Å². The number of nitrogens with one attached hydrogen (secondary N) is 1. The summed E-state index contributed by atoms with van der Waals surface area (Å²) in [4.78, 5) is 12.0. The molecule has 0 fully saturated rings. The number of nitrogens with zero attached hydrogens (tertiary/aromatic N) is 2. The molecule has 0 unspecified atom stereocenters. The highest BCUT2D eigenvalue weighted by Gasteiger charge is 2.10. The summed E-state index contributed by atoms with van der Waals surface area (Å²) in [5, 5.41) is 7.24. The molecule has 1 N–H and O–H groups in total. The summed E-state index contributed by atoms with van der Waals surface area (Å²) >= 11 is 3.48. The van der Waals surface area contributed by atoms with Gasteiger partial charge in [-0.1, -0.05) is 6.07 Å². The van der Waals surface area contributed by atoms with Crippen molar-refractivity contribution in [1.82, 2.24) is 9.78 Å². The summed E-state index contributed by atoms with van der Waals surface area (Å²) in [5.41, 5.74) is 2.69. The van der Waals surface area contributed by atoms with E-state index in [1.807, 2.05) is 36.7 Å². The molecule has 2 aromatic rings. The van der Waals surface area contributed by atoms with Crippen molar-refractivity contribution >= 4 is 27.5 Å². The van der Waals surface area contributed by atoms with Gasteiger partial charge in [0.25, 0.3) is 0 Å². The Labute approximate surface area is 132 Å². The van der Waals surface area contributed by atoms with Crippen molar-refractivity contribution in [1.29, 1.82) is 0 Å². The zero-order valence-corrected chi connectivity index (χ0v) is 13.9. The number of aromatic nitrogens is 2. The highest BCUT2D eigenvalue weighted by molar-refractivity contribution is 9.10. The summed E-state index contributed by atoms with van der Waals surface area (Å²) in [6.07, 6.45) is 0.367. The fourth-order valence-electron chi connectivity index (χ4n) is 2.02. The van der Waals surface area contributed by atoms with Crippen molar-refractivity contribution in [2.24, 2.45) is 0 Å². The maximum Gasteiger partial charge on any atom is 0.226 e. The van der Waals surface area contributed by atoms with Crippen molar-refractivity contribution < 1.29 is 9.53 Å². The van der Waals surface area contributed by atoms with Crippen LogP contribution in [0.4, 0.5) is 5.69 Å². The van der Waals surface area contributed by atoms with Crippen molar-refractivity contribution in [2.75, 3.05) is 12.4 Å². The summed E-state index contributed by atoms with van der Waals surface area (Å²) in [5.74, 6) is 0.669. The first-order valence-corrected chi connectivity index (χ1v) is 7.44. The van der Waals surface area contributed by atoms with Gasteiger partial charge in [-0.15, -0.1) is 0 Å². The van der Waals surface area contributed by atoms with Gasteiger partial charge in [0.2, 0.25) is 5.91 Å². The Bertz CT molecular complexity index is 652. The molecule has 0 aliphatic carbocycles. The Morgan fingerprint density at radius 2 is 2.19 bits per heavy atom. The van der Waals surface area contributed by atoms with Crippen molar-refractivity contribution in [3.63, 3.8) is 0 Å². The number of hydrogen-bond donors (Lipinski definition) is 1. The molecule has 0 radical (unpaired) electrons. The van der Waals surface area contributed by atoms with E-state index in [9.17, 15) is 4.79 Å². The molecule has 1 amide bonds. The lowest BCUT2D eigenvalue weighted by atomic mass is 10.3. The third-order valence-corrected chi connectivity index (χ3v) is 4.34. The SMILES string of the molecule is COc1cccc(NC(=O)CCn2nc(C)c(Br)c2C)c1. The van der Waals surface area contributed by atoms with Crippen LogP contribution in [0.2, 0.25) is 0 Å². The third kappa shape index (κ3) is 3.85. The standard InChI is InChI=1S/C15H18BrN3O2/c1-10-15(16)11(2)19(18-10)8-7-14(20)17-12-5-4-6-13(9-12)21-3/h4-6,9H,7-8H2,1-3H3,(H,17,20). The minimum absolute atomic E-state index is 0.0491. The van der Waals surface area contributed by atoms with Gasteiger partial charge in [0, 0.05) is 23.9 Å². The third-order valence-electron chi connectivity index (χ3n) is 3.20. The molecule has 1 aromatic heterocycles. The first kappa shape index (κ1) is 15.6. The molecule has 0 aliphatic rings. The monoisotopic (exact) mass is 351 g/mol. The van der Waals surface area contributed by atoms with E-state index in [0.29, 0.717) is 13.0 Å². The van der Waals surface area contributed by atoms with Crippen LogP contribution in [-0.4, -0.2) is 22.8 Å². The Morgan fingerprint density at radius 3 is 2.81 bits per heavy atom. The Kier molecular flexibility index (Phi) is 5.01. The molecule has 0 bridgehead atoms. The van der Waals surface area contributed by atoms with Crippen LogP contribution in [-0.2, 0) is 11.3 Å². The van der Waals surface area contributed by atoms with Crippen molar-refractivity contribution in [3.8, 4) is 5.75 Å². The number of hydrogen-bond acceptors (Lipinski definition) is 3. The predicted octanol–water partition coefficient (Wildman–Crippen LogP) is 3.30. The van der Waals surface area contributed by atoms with E-state index >= 15 is 0 Å². The van der Waals surface area contributed by atoms with Crippen LogP contribution < -0.4 is 10.1 Å². The number of carbonyl (C=O) groups is 1. The number of benzene rings is 1. The number of anilines is 1. The fraction of sp³-hybridized carbons (Fsp3) is 0.333. The van der Waals surface area contributed by atoms with E-state index in [4.69, 9.17) is 4.74 Å². The van der Waals surface area contributed by atoms with Crippen LogP contribution >= 0.6 is 15.9 Å². The van der Waals surface area contributed by atoms with Crippen LogP contribution in [0, 0.1) is 13.8 Å². The molecule has 5 nitrogen and oxygen atoms in total. The highest BCUT2D eigenvalue weighted by atomic mass is 79.9. The summed E-state index contributed by atoms with van der Waals surface area (Å²) in [7, 11) is 1.60. The quantitative estimate of drug-likeness (QED) is 0.898. The molecule has 2 rings (SSSR count). The molecule has 21 heavy (non-hydrogen) atoms. The van der Waals surface area contributed by atoms with Gasteiger partial charge in [0.05, 0.1) is 23.8 Å². The number of aryl methyl sites for hydroxylation is 2. The number of methoxy groups -OCH3 is 1. The van der Waals surface area contributed by atoms with Gasteiger partial charge in [-0.05, 0) is 41.9 Å². The van der Waals surface area contributed by atoms with E-state index in [1.165, 1.54) is 0 Å². The minimum Gasteiger partial charge on any atom is -0.497 e. The average molecular weight is 352 g/mol. The molecule has 0 spiro atoms. The zero-order chi connectivity index (χ0) is 15.4. The van der Waals surface area contributed by atoms with Gasteiger partial charge in [0.15, 0.2) is 0 Å². The number of rotatable bonds is 5. The molecule has 112 valence electrons. The maximum absolute atomic E-state index is 12.0. The van der Waals surface area contributed by atoms with Gasteiger partial charge in [-0.2, -0.15) is 5.10 Å². The largest absolute Gasteiger partial charge is 0.497 e. The smallest absolute Gasteiger partial charge is 0.226 e. The first-order valence-electron chi connectivity index (χ1n) is 6.64. The first-order chi connectivity index (χ1) is 10.0. The van der Waals surface area contributed by atoms with Gasteiger partial charge < -0.3 is 10.1 Å². The van der Waals surface area contributed by atoms with E-state index in [0.717, 1.165) is 27.3 Å². The zero-order valence-electron chi connectivity index (χ0n) is 12.3. The van der Waals surface area contributed by atoms with E-state index in [1.54, 1.807) is 13.2 Å². The lowest BCUT2D eigenvalue weighted by Crippen LogP contribution is -2.15. The number of amides is 1. The van der Waals surface area contributed by atoms with E-state index < -0.39 is 0 Å². The number of halogens is 1. The van der Waals surface area contributed by atoms with Gasteiger partial charge in [-0.3, -0.25) is 9.48 Å². The lowest BCUT2D eigenvalue weighted by Gasteiger charge is -2.08. The molecule has 0 atom stereocenters. The normalized spacial score (nSPS) is 10.5. The minimum atomic E-state index is -0.0491. The van der Waals surface area contributed by atoms with Crippen molar-refractivity contribution in [2.45, 2.75) is 26.8 Å². The highest BCUT2D eigenvalue weighted by Crippen LogP contribution is 2.20. The van der Waals surface area contributed by atoms with Crippen LogP contribution in [0.25, 0.3) is 0 Å². The fourth-order valence-corrected chi connectivity index (χ4v) is 2.31. The Balaban J connectivity index is 1.94. The van der Waals surface area contributed by atoms with Crippen LogP contribution in [0.1, 0.15) is 17.8 Å². The molecular formula is C15H18BrN3O2. The number of ether oxygens (including phenoxy) is 1. The van der Waals surface area contributed by atoms with Gasteiger partial charge >= 0.3 is 0 Å². The summed E-state index contributed by atoms with van der Waals surface area (Å²) in [6, 6.07) is 7.30. The van der Waals surface area contributed by atoms with Crippen molar-refractivity contribution in [3.05, 3.63) is 40.1 Å². The van der Waals surface area contributed by atoms with Crippen LogP contribution in [0.3, 0.4) is 0 Å². The molecule has 1 aromatic carbocycles. The van der Waals surface area contributed by atoms with Crippen LogP contribution in [0.15, 0.2) is 28.7 Å². The second-order valence-electron chi connectivity index (χ2n) is 4.74. The van der Waals surface area contributed by atoms with Crippen LogP contribution in [0.5, 0.6) is 5.75 Å². The second kappa shape index (κ2) is 6.76. The molecular weight excluding hydrogens is 334 g/mol. The summed E-state index contributed by atoms with van der Waals surface area (Å²) in [6.45, 7) is 4.46. The Hall–Kier alpha value is -1.82. The molecule has 6 heteroatoms. The lowest BCUT2D eigenvalue weighted by molar-refractivity contribution is -0.116.